The van der Waals surface area contributed by atoms with Gasteiger partial charge >= 0.3 is 0 Å². The summed E-state index contributed by atoms with van der Waals surface area (Å²) >= 11 is 0. The lowest BCUT2D eigenvalue weighted by molar-refractivity contribution is 0.468. The zero-order chi connectivity index (χ0) is 10.7. The van der Waals surface area contributed by atoms with Crippen molar-refractivity contribution in [3.05, 3.63) is 54.1 Å². The summed E-state index contributed by atoms with van der Waals surface area (Å²) in [6.45, 7) is 4.61. The molecule has 0 saturated heterocycles. The molecule has 2 atom stereocenters. The van der Waals surface area contributed by atoms with Crippen molar-refractivity contribution in [1.29, 1.82) is 0 Å². The summed E-state index contributed by atoms with van der Waals surface area (Å²) in [6, 6.07) is 10.6. The second-order valence-electron chi connectivity index (χ2n) is 4.46. The fourth-order valence-corrected chi connectivity index (χ4v) is 1.89. The number of hydrogen-bond donors (Lipinski definition) is 0. The van der Waals surface area contributed by atoms with Crippen molar-refractivity contribution < 1.29 is 0 Å². The van der Waals surface area contributed by atoms with Gasteiger partial charge in [-0.1, -0.05) is 62.4 Å². The van der Waals surface area contributed by atoms with E-state index in [1.54, 1.807) is 0 Å². The van der Waals surface area contributed by atoms with E-state index in [1.807, 2.05) is 0 Å². The second kappa shape index (κ2) is 4.48. The highest BCUT2D eigenvalue weighted by Gasteiger charge is 2.11. The quantitative estimate of drug-likeness (QED) is 0.631. The van der Waals surface area contributed by atoms with Gasteiger partial charge in [0.15, 0.2) is 0 Å². The van der Waals surface area contributed by atoms with Crippen LogP contribution in [0.2, 0.25) is 0 Å². The van der Waals surface area contributed by atoms with Crippen molar-refractivity contribution in [2.75, 3.05) is 0 Å². The molecule has 1 aliphatic rings. The molecule has 0 heteroatoms. The Kier molecular flexibility index (Phi) is 3.05. The van der Waals surface area contributed by atoms with Gasteiger partial charge in [-0.25, -0.2) is 0 Å². The minimum absolute atomic E-state index is 0.683. The first-order valence-corrected chi connectivity index (χ1v) is 5.71. The minimum atomic E-state index is 0.683. The first-order valence-electron chi connectivity index (χ1n) is 5.71. The van der Waals surface area contributed by atoms with Gasteiger partial charge in [-0.2, -0.15) is 0 Å². The Morgan fingerprint density at radius 2 is 1.80 bits per heavy atom. The molecular formula is C15H18. The summed E-state index contributed by atoms with van der Waals surface area (Å²) in [4.78, 5) is 0. The van der Waals surface area contributed by atoms with Crippen molar-refractivity contribution in [2.24, 2.45) is 11.8 Å². The maximum Gasteiger partial charge on any atom is -0.0187 e. The first kappa shape index (κ1) is 10.2. The monoisotopic (exact) mass is 198 g/mol. The smallest absolute Gasteiger partial charge is 0.0187 e. The molecule has 0 aliphatic heterocycles. The molecule has 1 aromatic rings. The first-order chi connectivity index (χ1) is 7.27. The predicted octanol–water partition coefficient (Wildman–Crippen LogP) is 4.30. The Hall–Kier alpha value is -1.30. The third-order valence-electron chi connectivity index (χ3n) is 3.29. The largest absolute Gasteiger partial charge is 0.0808 e. The molecule has 0 nitrogen and oxygen atoms in total. The summed E-state index contributed by atoms with van der Waals surface area (Å²) in [7, 11) is 0. The third-order valence-corrected chi connectivity index (χ3v) is 3.29. The summed E-state index contributed by atoms with van der Waals surface area (Å²) in [5, 5.41) is 0. The lowest BCUT2D eigenvalue weighted by Gasteiger charge is -2.11. The van der Waals surface area contributed by atoms with Crippen molar-refractivity contribution in [3.8, 4) is 0 Å². The topological polar surface area (TPSA) is 0 Å². The van der Waals surface area contributed by atoms with Gasteiger partial charge in [0.2, 0.25) is 0 Å². The van der Waals surface area contributed by atoms with Crippen LogP contribution in [0.25, 0.3) is 5.57 Å². The van der Waals surface area contributed by atoms with Crippen LogP contribution in [0.15, 0.2) is 48.6 Å². The predicted molar refractivity (Wildman–Crippen MR) is 66.5 cm³/mol. The Labute approximate surface area is 92.3 Å². The molecule has 0 fully saturated rings. The molecule has 15 heavy (non-hydrogen) atoms. The van der Waals surface area contributed by atoms with E-state index in [2.05, 4.69) is 62.4 Å². The van der Waals surface area contributed by atoms with Gasteiger partial charge in [0.1, 0.15) is 0 Å². The summed E-state index contributed by atoms with van der Waals surface area (Å²) in [6.07, 6.45) is 8.14. The van der Waals surface area contributed by atoms with E-state index in [4.69, 9.17) is 0 Å². The van der Waals surface area contributed by atoms with E-state index in [0.717, 1.165) is 5.92 Å². The van der Waals surface area contributed by atoms with Crippen LogP contribution in [-0.4, -0.2) is 0 Å². The normalized spacial score (nSPS) is 25.9. The zero-order valence-electron chi connectivity index (χ0n) is 9.48. The van der Waals surface area contributed by atoms with Crippen LogP contribution >= 0.6 is 0 Å². The van der Waals surface area contributed by atoms with Crippen LogP contribution < -0.4 is 0 Å². The van der Waals surface area contributed by atoms with Gasteiger partial charge in [0, 0.05) is 0 Å². The summed E-state index contributed by atoms with van der Waals surface area (Å²) in [5.74, 6) is 1.44. The van der Waals surface area contributed by atoms with E-state index >= 15 is 0 Å². The van der Waals surface area contributed by atoms with Gasteiger partial charge in [0.05, 0.1) is 0 Å². The van der Waals surface area contributed by atoms with Crippen LogP contribution in [0.4, 0.5) is 0 Å². The van der Waals surface area contributed by atoms with Crippen LogP contribution in [-0.2, 0) is 0 Å². The molecule has 0 heterocycles. The van der Waals surface area contributed by atoms with Crippen molar-refractivity contribution >= 4 is 5.57 Å². The third kappa shape index (κ3) is 2.38. The van der Waals surface area contributed by atoms with Gasteiger partial charge in [-0.05, 0) is 29.4 Å². The van der Waals surface area contributed by atoms with Crippen molar-refractivity contribution in [2.45, 2.75) is 20.3 Å². The molecule has 0 aromatic heterocycles. The van der Waals surface area contributed by atoms with Crippen molar-refractivity contribution in [3.63, 3.8) is 0 Å². The van der Waals surface area contributed by atoms with E-state index in [0.29, 0.717) is 5.92 Å². The van der Waals surface area contributed by atoms with Gasteiger partial charge in [-0.3, -0.25) is 0 Å². The average molecular weight is 198 g/mol. The van der Waals surface area contributed by atoms with Crippen LogP contribution in [0, 0.1) is 11.8 Å². The minimum Gasteiger partial charge on any atom is -0.0808 e. The van der Waals surface area contributed by atoms with E-state index in [-0.39, 0.29) is 0 Å². The molecule has 1 aromatic carbocycles. The molecule has 0 N–H and O–H groups in total. The molecule has 2 rings (SSSR count). The van der Waals surface area contributed by atoms with Gasteiger partial charge in [-0.15, -0.1) is 0 Å². The lowest BCUT2D eigenvalue weighted by Crippen LogP contribution is -2.01. The van der Waals surface area contributed by atoms with Crippen LogP contribution in [0.5, 0.6) is 0 Å². The standard InChI is InChI=1S/C15H18/c1-12-8-10-15(11-9-13(12)2)14-6-4-3-5-7-14/h3-8,10-13H,9H2,1-2H3/t12-,13+/m1/s1. The lowest BCUT2D eigenvalue weighted by atomic mass is 9.94. The summed E-state index contributed by atoms with van der Waals surface area (Å²) < 4.78 is 0. The molecule has 0 bridgehead atoms. The zero-order valence-corrected chi connectivity index (χ0v) is 9.48. The Bertz CT molecular complexity index is 370. The fourth-order valence-electron chi connectivity index (χ4n) is 1.89. The Balaban J connectivity index is 2.27. The molecule has 0 unspecified atom stereocenters. The number of allylic oxidation sites excluding steroid dienone is 4. The SMILES string of the molecule is C[C@@H]1C=CC(c2ccccc2)=CC[C@@H]1C. The number of benzene rings is 1. The highest BCUT2D eigenvalue weighted by Crippen LogP contribution is 2.26. The van der Waals surface area contributed by atoms with Crippen LogP contribution in [0.1, 0.15) is 25.8 Å². The Morgan fingerprint density at radius 1 is 1.07 bits per heavy atom. The van der Waals surface area contributed by atoms with E-state index < -0.39 is 0 Å². The van der Waals surface area contributed by atoms with Gasteiger partial charge in [0.25, 0.3) is 0 Å². The second-order valence-corrected chi connectivity index (χ2v) is 4.46. The van der Waals surface area contributed by atoms with E-state index in [1.165, 1.54) is 17.6 Å². The van der Waals surface area contributed by atoms with Gasteiger partial charge < -0.3 is 0 Å². The number of rotatable bonds is 1. The van der Waals surface area contributed by atoms with Crippen LogP contribution in [0.3, 0.4) is 0 Å². The molecule has 0 spiro atoms. The Morgan fingerprint density at radius 3 is 2.53 bits per heavy atom. The highest BCUT2D eigenvalue weighted by atomic mass is 14.2. The maximum atomic E-state index is 2.36. The molecule has 0 amide bonds. The van der Waals surface area contributed by atoms with Crippen molar-refractivity contribution in [1.82, 2.24) is 0 Å². The number of hydrogen-bond acceptors (Lipinski definition) is 0. The van der Waals surface area contributed by atoms with E-state index in [9.17, 15) is 0 Å². The molecule has 0 saturated carbocycles. The molecule has 1 aliphatic carbocycles. The molecule has 78 valence electrons. The summed E-state index contributed by atoms with van der Waals surface area (Å²) in [5.41, 5.74) is 2.70. The fraction of sp³-hybridized carbons (Fsp3) is 0.333. The maximum absolute atomic E-state index is 2.36. The highest BCUT2D eigenvalue weighted by molar-refractivity contribution is 5.74. The molecule has 0 radical (unpaired) electrons. The molecular weight excluding hydrogens is 180 g/mol. The average Bonchev–Trinajstić information content (AvgIpc) is 2.44.